The third kappa shape index (κ3) is 4.36. The molecule has 5 heteroatoms. The van der Waals surface area contributed by atoms with E-state index in [1.165, 1.54) is 4.88 Å². The van der Waals surface area contributed by atoms with Crippen molar-refractivity contribution >= 4 is 29.1 Å². The Balaban J connectivity index is 2.05. The number of carboxylic acid groups (broad SMARTS) is 1. The number of carbonyl (C=O) groups is 1. The molecule has 1 aromatic carbocycles. The average molecular weight is 303 g/mol. The first kappa shape index (κ1) is 15.1. The van der Waals surface area contributed by atoms with Gasteiger partial charge in [-0.2, -0.15) is 0 Å². The van der Waals surface area contributed by atoms with Crippen molar-refractivity contribution < 1.29 is 14.6 Å². The van der Waals surface area contributed by atoms with Crippen LogP contribution in [0.25, 0.3) is 6.08 Å². The third-order valence-corrected chi connectivity index (χ3v) is 3.92. The summed E-state index contributed by atoms with van der Waals surface area (Å²) in [5.41, 5.74) is 1.99. The fourth-order valence-electron chi connectivity index (χ4n) is 1.91. The number of nitrogens with zero attached hydrogens (tertiary/aromatic N) is 1. The summed E-state index contributed by atoms with van der Waals surface area (Å²) in [6.07, 6.45) is 2.76. The Morgan fingerprint density at radius 1 is 1.43 bits per heavy atom. The van der Waals surface area contributed by atoms with Crippen molar-refractivity contribution in [1.82, 2.24) is 0 Å². The monoisotopic (exact) mass is 303 g/mol. The largest absolute Gasteiger partial charge is 0.497 e. The lowest BCUT2D eigenvalue weighted by Crippen LogP contribution is -2.15. The second kappa shape index (κ2) is 6.95. The van der Waals surface area contributed by atoms with Crippen molar-refractivity contribution in [3.63, 3.8) is 0 Å². The van der Waals surface area contributed by atoms with Gasteiger partial charge in [-0.15, -0.1) is 11.3 Å². The summed E-state index contributed by atoms with van der Waals surface area (Å²) < 4.78 is 5.22. The van der Waals surface area contributed by atoms with E-state index >= 15 is 0 Å². The first-order valence-electron chi connectivity index (χ1n) is 6.42. The van der Waals surface area contributed by atoms with Crippen LogP contribution in [0.15, 0.2) is 41.8 Å². The van der Waals surface area contributed by atoms with Gasteiger partial charge in [0.25, 0.3) is 0 Å². The van der Waals surface area contributed by atoms with Crippen LogP contribution in [0.2, 0.25) is 0 Å². The molecule has 0 fully saturated rings. The molecule has 0 amide bonds. The van der Waals surface area contributed by atoms with Gasteiger partial charge in [-0.25, -0.2) is 4.79 Å². The van der Waals surface area contributed by atoms with Crippen LogP contribution in [0.4, 0.5) is 5.69 Å². The molecular formula is C16H17NO3S. The molecule has 1 aromatic heterocycles. The van der Waals surface area contributed by atoms with Gasteiger partial charge in [0.2, 0.25) is 0 Å². The van der Waals surface area contributed by atoms with Crippen molar-refractivity contribution in [3.8, 4) is 5.75 Å². The quantitative estimate of drug-likeness (QED) is 0.830. The number of hydrogen-bond donors (Lipinski definition) is 1. The highest BCUT2D eigenvalue weighted by atomic mass is 32.1. The normalized spacial score (nSPS) is 10.8. The molecule has 1 N–H and O–H groups in total. The van der Waals surface area contributed by atoms with Gasteiger partial charge in [0.05, 0.1) is 13.7 Å². The molecule has 21 heavy (non-hydrogen) atoms. The van der Waals surface area contributed by atoms with E-state index in [1.54, 1.807) is 24.5 Å². The Morgan fingerprint density at radius 3 is 2.95 bits per heavy atom. The molecule has 0 aliphatic carbocycles. The van der Waals surface area contributed by atoms with E-state index in [0.717, 1.165) is 29.6 Å². The molecule has 0 saturated carbocycles. The highest BCUT2D eigenvalue weighted by Gasteiger charge is 2.05. The highest BCUT2D eigenvalue weighted by molar-refractivity contribution is 7.10. The second-order valence-corrected chi connectivity index (χ2v) is 5.57. The van der Waals surface area contributed by atoms with Crippen molar-refractivity contribution in [1.29, 1.82) is 0 Å². The lowest BCUT2D eigenvalue weighted by molar-refractivity contribution is -0.131. The Labute approximate surface area is 127 Å². The van der Waals surface area contributed by atoms with Gasteiger partial charge in [0.15, 0.2) is 0 Å². The predicted molar refractivity (Wildman–Crippen MR) is 86.1 cm³/mol. The Bertz CT molecular complexity index is 648. The number of ether oxygens (including phenoxy) is 1. The molecule has 0 unspecified atom stereocenters. The van der Waals surface area contributed by atoms with Gasteiger partial charge in [0, 0.05) is 29.8 Å². The number of rotatable bonds is 6. The van der Waals surface area contributed by atoms with Crippen LogP contribution in [0.3, 0.4) is 0 Å². The van der Waals surface area contributed by atoms with Gasteiger partial charge < -0.3 is 14.7 Å². The minimum Gasteiger partial charge on any atom is -0.497 e. The number of anilines is 1. The molecular weight excluding hydrogens is 286 g/mol. The summed E-state index contributed by atoms with van der Waals surface area (Å²) in [4.78, 5) is 13.8. The van der Waals surface area contributed by atoms with E-state index in [0.29, 0.717) is 0 Å². The number of carboxylic acids is 1. The van der Waals surface area contributed by atoms with Crippen molar-refractivity contribution in [2.75, 3.05) is 19.1 Å². The van der Waals surface area contributed by atoms with Crippen molar-refractivity contribution in [2.24, 2.45) is 0 Å². The molecule has 110 valence electrons. The molecule has 0 bridgehead atoms. The van der Waals surface area contributed by atoms with Crippen LogP contribution in [0.5, 0.6) is 5.75 Å². The van der Waals surface area contributed by atoms with Crippen LogP contribution in [0.1, 0.15) is 10.4 Å². The summed E-state index contributed by atoms with van der Waals surface area (Å²) in [5.74, 6) is -0.105. The third-order valence-electron chi connectivity index (χ3n) is 2.98. The zero-order valence-corrected chi connectivity index (χ0v) is 12.8. The lowest BCUT2D eigenvalue weighted by Gasteiger charge is -2.18. The summed E-state index contributed by atoms with van der Waals surface area (Å²) in [5, 5.41) is 10.6. The molecule has 0 saturated heterocycles. The average Bonchev–Trinajstić information content (AvgIpc) is 2.92. The van der Waals surface area contributed by atoms with Crippen LogP contribution in [-0.4, -0.2) is 25.2 Å². The molecule has 0 atom stereocenters. The Kier molecular flexibility index (Phi) is 5.00. The molecule has 2 aromatic rings. The number of methoxy groups -OCH3 is 1. The van der Waals surface area contributed by atoms with E-state index in [4.69, 9.17) is 9.84 Å². The van der Waals surface area contributed by atoms with E-state index in [-0.39, 0.29) is 0 Å². The zero-order valence-electron chi connectivity index (χ0n) is 11.9. The van der Waals surface area contributed by atoms with Crippen LogP contribution in [-0.2, 0) is 11.3 Å². The molecule has 1 heterocycles. The van der Waals surface area contributed by atoms with E-state index < -0.39 is 5.97 Å². The van der Waals surface area contributed by atoms with E-state index in [1.807, 2.05) is 42.8 Å². The molecule has 0 aliphatic rings. The Morgan fingerprint density at radius 2 is 2.24 bits per heavy atom. The molecule has 0 aliphatic heterocycles. The first-order chi connectivity index (χ1) is 10.1. The first-order valence-corrected chi connectivity index (χ1v) is 7.30. The maximum absolute atomic E-state index is 10.5. The topological polar surface area (TPSA) is 49.8 Å². The summed E-state index contributed by atoms with van der Waals surface area (Å²) in [6.45, 7) is 0.763. The molecule has 0 spiro atoms. The maximum Gasteiger partial charge on any atom is 0.328 e. The SMILES string of the molecule is COc1cccc(N(C)Cc2cc(C=CC(=O)O)cs2)c1. The minimum absolute atomic E-state index is 0.763. The zero-order chi connectivity index (χ0) is 15.2. The Hall–Kier alpha value is -2.27. The van der Waals surface area contributed by atoms with Crippen LogP contribution < -0.4 is 9.64 Å². The number of hydrogen-bond acceptors (Lipinski definition) is 4. The van der Waals surface area contributed by atoms with Gasteiger partial charge in [-0.05, 0) is 35.2 Å². The van der Waals surface area contributed by atoms with Gasteiger partial charge in [-0.1, -0.05) is 6.07 Å². The number of benzene rings is 1. The molecule has 0 radical (unpaired) electrons. The summed E-state index contributed by atoms with van der Waals surface area (Å²) in [7, 11) is 3.67. The van der Waals surface area contributed by atoms with Gasteiger partial charge >= 0.3 is 5.97 Å². The molecule has 2 rings (SSSR count). The van der Waals surface area contributed by atoms with Gasteiger partial charge in [0.1, 0.15) is 5.75 Å². The van der Waals surface area contributed by atoms with E-state index in [9.17, 15) is 4.79 Å². The fourth-order valence-corrected chi connectivity index (χ4v) is 2.81. The number of aliphatic carboxylic acids is 1. The minimum atomic E-state index is -0.934. The predicted octanol–water partition coefficient (Wildman–Crippen LogP) is 3.49. The summed E-state index contributed by atoms with van der Waals surface area (Å²) >= 11 is 1.62. The van der Waals surface area contributed by atoms with Crippen molar-refractivity contribution in [3.05, 3.63) is 52.2 Å². The van der Waals surface area contributed by atoms with Crippen LogP contribution in [0, 0.1) is 0 Å². The van der Waals surface area contributed by atoms with E-state index in [2.05, 4.69) is 4.90 Å². The highest BCUT2D eigenvalue weighted by Crippen LogP contribution is 2.24. The fraction of sp³-hybridized carbons (Fsp3) is 0.188. The maximum atomic E-state index is 10.5. The van der Waals surface area contributed by atoms with Crippen LogP contribution >= 0.6 is 11.3 Å². The standard InChI is InChI=1S/C16H17NO3S/c1-17(13-4-3-5-14(9-13)20-2)10-15-8-12(11-21-15)6-7-16(18)19/h3-9,11H,10H2,1-2H3,(H,18,19). The lowest BCUT2D eigenvalue weighted by atomic mass is 10.2. The summed E-state index contributed by atoms with van der Waals surface area (Å²) in [6, 6.07) is 9.89. The number of thiophene rings is 1. The smallest absolute Gasteiger partial charge is 0.328 e. The van der Waals surface area contributed by atoms with Gasteiger partial charge in [-0.3, -0.25) is 0 Å². The van der Waals surface area contributed by atoms with Crippen molar-refractivity contribution in [2.45, 2.75) is 6.54 Å². The molecule has 4 nitrogen and oxygen atoms in total. The second-order valence-electron chi connectivity index (χ2n) is 4.58.